The maximum Gasteiger partial charge on any atom is 0.408 e. The average Bonchev–Trinajstić information content (AvgIpc) is 3.64. The third kappa shape index (κ3) is 8.01. The predicted molar refractivity (Wildman–Crippen MR) is 130 cm³/mol. The number of piperazine rings is 1. The van der Waals surface area contributed by atoms with E-state index >= 15 is 0 Å². The minimum Gasteiger partial charge on any atom is -0.494 e. The van der Waals surface area contributed by atoms with E-state index in [4.69, 9.17) is 9.47 Å². The van der Waals surface area contributed by atoms with Crippen molar-refractivity contribution < 1.29 is 23.9 Å². The number of ether oxygens (including phenoxy) is 2. The van der Waals surface area contributed by atoms with Crippen LogP contribution in [-0.4, -0.2) is 78.6 Å². The molecule has 2 fully saturated rings. The predicted octanol–water partition coefficient (Wildman–Crippen LogP) is 3.50. The molecular weight excluding hydrogens is 434 g/mol. The fourth-order valence-corrected chi connectivity index (χ4v) is 3.98. The molecule has 1 saturated carbocycles. The van der Waals surface area contributed by atoms with Crippen molar-refractivity contribution >= 4 is 17.8 Å². The van der Waals surface area contributed by atoms with E-state index in [9.17, 15) is 14.4 Å². The van der Waals surface area contributed by atoms with Crippen molar-refractivity contribution in [2.45, 2.75) is 65.0 Å². The molecule has 1 aromatic rings. The Morgan fingerprint density at radius 2 is 1.71 bits per heavy atom. The molecular formula is C26H39N3O5. The zero-order valence-corrected chi connectivity index (χ0v) is 21.0. The van der Waals surface area contributed by atoms with Crippen molar-refractivity contribution in [3.63, 3.8) is 0 Å². The highest BCUT2D eigenvalue weighted by Gasteiger charge is 2.30. The summed E-state index contributed by atoms with van der Waals surface area (Å²) in [6, 6.07) is 6.88. The number of carbonyl (C=O) groups excluding carboxylic acids is 3. The molecule has 2 aliphatic rings. The van der Waals surface area contributed by atoms with E-state index < -0.39 is 17.7 Å². The molecule has 34 heavy (non-hydrogen) atoms. The molecule has 0 unspecified atom stereocenters. The zero-order valence-electron chi connectivity index (χ0n) is 21.0. The van der Waals surface area contributed by atoms with Crippen molar-refractivity contribution in [1.29, 1.82) is 0 Å². The molecule has 8 heteroatoms. The first-order chi connectivity index (χ1) is 16.2. The number of Topliss-reactive ketones (excluding diaryl/α,β-unsaturated/α-hetero) is 1. The minimum atomic E-state index is -0.598. The molecule has 0 radical (unpaired) electrons. The SMILES string of the molecule is CC[C@@H](NC(=O)OC(C)(C)C)C(=O)N1CCN(CCCOc2ccc(C(=O)C3CC3)cc2)CC1. The van der Waals surface area contributed by atoms with Gasteiger partial charge in [0, 0.05) is 44.2 Å². The van der Waals surface area contributed by atoms with E-state index in [2.05, 4.69) is 10.2 Å². The van der Waals surface area contributed by atoms with Gasteiger partial charge in [0.05, 0.1) is 6.61 Å². The lowest BCUT2D eigenvalue weighted by Crippen LogP contribution is -2.55. The van der Waals surface area contributed by atoms with E-state index in [-0.39, 0.29) is 17.6 Å². The summed E-state index contributed by atoms with van der Waals surface area (Å²) in [4.78, 5) is 41.1. The van der Waals surface area contributed by atoms with Crippen LogP contribution in [0, 0.1) is 5.92 Å². The highest BCUT2D eigenvalue weighted by molar-refractivity contribution is 5.99. The topological polar surface area (TPSA) is 88.2 Å². The van der Waals surface area contributed by atoms with Crippen LogP contribution >= 0.6 is 0 Å². The normalized spacial score (nSPS) is 17.7. The summed E-state index contributed by atoms with van der Waals surface area (Å²) in [5, 5.41) is 2.71. The van der Waals surface area contributed by atoms with Gasteiger partial charge in [-0.3, -0.25) is 14.5 Å². The Balaban J connectivity index is 1.33. The van der Waals surface area contributed by atoms with Gasteiger partial charge in [-0.25, -0.2) is 4.79 Å². The van der Waals surface area contributed by atoms with Gasteiger partial charge in [0.15, 0.2) is 5.78 Å². The molecule has 2 amide bonds. The van der Waals surface area contributed by atoms with Gasteiger partial charge >= 0.3 is 6.09 Å². The second-order valence-electron chi connectivity index (χ2n) is 10.1. The highest BCUT2D eigenvalue weighted by atomic mass is 16.6. The van der Waals surface area contributed by atoms with Crippen molar-refractivity contribution in [3.8, 4) is 5.75 Å². The smallest absolute Gasteiger partial charge is 0.408 e. The average molecular weight is 474 g/mol. The summed E-state index contributed by atoms with van der Waals surface area (Å²) in [5.41, 5.74) is 0.174. The van der Waals surface area contributed by atoms with Gasteiger partial charge in [-0.2, -0.15) is 0 Å². The van der Waals surface area contributed by atoms with Gasteiger partial charge in [0.25, 0.3) is 0 Å². The molecule has 188 valence electrons. The number of amides is 2. The maximum atomic E-state index is 12.9. The van der Waals surface area contributed by atoms with Crippen LogP contribution in [0.25, 0.3) is 0 Å². The van der Waals surface area contributed by atoms with Crippen LogP contribution in [-0.2, 0) is 9.53 Å². The molecule has 0 spiro atoms. The van der Waals surface area contributed by atoms with Crippen LogP contribution < -0.4 is 10.1 Å². The Morgan fingerprint density at radius 1 is 1.06 bits per heavy atom. The van der Waals surface area contributed by atoms with Gasteiger partial charge in [0.2, 0.25) is 5.91 Å². The summed E-state index contributed by atoms with van der Waals surface area (Å²) < 4.78 is 11.1. The Labute approximate surface area is 202 Å². The van der Waals surface area contributed by atoms with Crippen molar-refractivity contribution in [2.24, 2.45) is 5.92 Å². The Hall–Kier alpha value is -2.61. The number of hydrogen-bond acceptors (Lipinski definition) is 6. The van der Waals surface area contributed by atoms with E-state index in [1.165, 1.54) is 0 Å². The lowest BCUT2D eigenvalue weighted by Gasteiger charge is -2.36. The quantitative estimate of drug-likeness (QED) is 0.413. The summed E-state index contributed by atoms with van der Waals surface area (Å²) in [5.74, 6) is 1.21. The Morgan fingerprint density at radius 3 is 2.26 bits per heavy atom. The third-order valence-corrected chi connectivity index (χ3v) is 6.06. The second-order valence-corrected chi connectivity index (χ2v) is 10.1. The molecule has 1 atom stereocenters. The fourth-order valence-electron chi connectivity index (χ4n) is 3.98. The van der Waals surface area contributed by atoms with Gasteiger partial charge in [-0.1, -0.05) is 6.92 Å². The van der Waals surface area contributed by atoms with Crippen molar-refractivity contribution in [2.75, 3.05) is 39.3 Å². The van der Waals surface area contributed by atoms with E-state index in [0.29, 0.717) is 26.1 Å². The van der Waals surface area contributed by atoms with Crippen LogP contribution in [0.4, 0.5) is 4.79 Å². The first-order valence-corrected chi connectivity index (χ1v) is 12.4. The van der Waals surface area contributed by atoms with Crippen molar-refractivity contribution in [3.05, 3.63) is 29.8 Å². The number of benzene rings is 1. The summed E-state index contributed by atoms with van der Waals surface area (Å²) in [7, 11) is 0. The Bertz CT molecular complexity index is 837. The van der Waals surface area contributed by atoms with Crippen LogP contribution in [0.5, 0.6) is 5.75 Å². The first kappa shape index (κ1) is 26.0. The molecule has 1 aliphatic heterocycles. The molecule has 1 aliphatic carbocycles. The third-order valence-electron chi connectivity index (χ3n) is 6.06. The monoisotopic (exact) mass is 473 g/mol. The van der Waals surface area contributed by atoms with Gasteiger partial charge in [0.1, 0.15) is 17.4 Å². The molecule has 1 heterocycles. The fraction of sp³-hybridized carbons (Fsp3) is 0.654. The lowest BCUT2D eigenvalue weighted by atomic mass is 10.1. The highest BCUT2D eigenvalue weighted by Crippen LogP contribution is 2.32. The van der Waals surface area contributed by atoms with Crippen LogP contribution in [0.15, 0.2) is 24.3 Å². The second kappa shape index (κ2) is 11.7. The van der Waals surface area contributed by atoms with E-state index in [1.54, 1.807) is 20.8 Å². The number of alkyl carbamates (subject to hydrolysis) is 1. The van der Waals surface area contributed by atoms with Crippen LogP contribution in [0.3, 0.4) is 0 Å². The number of carbonyl (C=O) groups is 3. The lowest BCUT2D eigenvalue weighted by molar-refractivity contribution is -0.135. The van der Waals surface area contributed by atoms with Crippen molar-refractivity contribution in [1.82, 2.24) is 15.1 Å². The van der Waals surface area contributed by atoms with E-state index in [1.807, 2.05) is 36.1 Å². The van der Waals surface area contributed by atoms with E-state index in [0.717, 1.165) is 50.2 Å². The number of hydrogen-bond donors (Lipinski definition) is 1. The number of ketones is 1. The summed E-state index contributed by atoms with van der Waals surface area (Å²) in [6.45, 7) is 11.7. The van der Waals surface area contributed by atoms with Gasteiger partial charge in [-0.05, 0) is 70.7 Å². The Kier molecular flexibility index (Phi) is 8.94. The molecule has 3 rings (SSSR count). The number of rotatable bonds is 10. The molecule has 8 nitrogen and oxygen atoms in total. The maximum absolute atomic E-state index is 12.9. The van der Waals surface area contributed by atoms with Gasteiger partial charge < -0.3 is 19.7 Å². The molecule has 0 bridgehead atoms. The zero-order chi connectivity index (χ0) is 24.7. The minimum absolute atomic E-state index is 0.0556. The van der Waals surface area contributed by atoms with Crippen LogP contribution in [0.1, 0.15) is 63.7 Å². The summed E-state index contributed by atoms with van der Waals surface area (Å²) >= 11 is 0. The molecule has 1 N–H and O–H groups in total. The molecule has 1 saturated heterocycles. The summed E-state index contributed by atoms with van der Waals surface area (Å²) in [6.07, 6.45) is 2.87. The standard InChI is InChI=1S/C26H39N3O5/c1-5-22(27-25(32)34-26(2,3)4)24(31)29-16-14-28(15-17-29)13-6-18-33-21-11-9-20(10-12-21)23(30)19-7-8-19/h9-12,19,22H,5-8,13-18H2,1-4H3,(H,27,32)/t22-/m1/s1. The first-order valence-electron chi connectivity index (χ1n) is 12.4. The molecule has 0 aromatic heterocycles. The number of nitrogens with zero attached hydrogens (tertiary/aromatic N) is 2. The van der Waals surface area contributed by atoms with Crippen LogP contribution in [0.2, 0.25) is 0 Å². The van der Waals surface area contributed by atoms with Gasteiger partial charge in [-0.15, -0.1) is 0 Å². The largest absolute Gasteiger partial charge is 0.494 e. The number of nitrogens with one attached hydrogen (secondary N) is 1. The molecule has 1 aromatic carbocycles.